The largest absolute Gasteiger partial charge is 0.573 e. The Labute approximate surface area is 273 Å². The Kier molecular flexibility index (Phi) is 10.1. The van der Waals surface area contributed by atoms with E-state index in [1.807, 2.05) is 34.6 Å². The number of nitrogens with zero attached hydrogens (tertiary/aromatic N) is 3. The van der Waals surface area contributed by atoms with Gasteiger partial charge in [-0.2, -0.15) is 0 Å². The predicted molar refractivity (Wildman–Crippen MR) is 168 cm³/mol. The normalized spacial score (nSPS) is 29.7. The van der Waals surface area contributed by atoms with E-state index in [9.17, 15) is 27.6 Å². The minimum absolute atomic E-state index is 0.0819. The van der Waals surface area contributed by atoms with E-state index in [1.165, 1.54) is 23.1 Å². The molecule has 1 saturated heterocycles. The van der Waals surface area contributed by atoms with Crippen LogP contribution in [0.1, 0.15) is 98.1 Å². The van der Waals surface area contributed by atoms with Crippen molar-refractivity contribution >= 4 is 29.2 Å². The Morgan fingerprint density at radius 2 is 1.81 bits per heavy atom. The molecule has 9 nitrogen and oxygen atoms in total. The number of hydrogen-bond donors (Lipinski definition) is 0. The van der Waals surface area contributed by atoms with Gasteiger partial charge in [0.1, 0.15) is 29.4 Å². The molecule has 2 aromatic rings. The summed E-state index contributed by atoms with van der Waals surface area (Å²) in [5, 5.41) is 0. The van der Waals surface area contributed by atoms with Crippen LogP contribution in [0.3, 0.4) is 0 Å². The summed E-state index contributed by atoms with van der Waals surface area (Å²) < 4.78 is 55.7. The van der Waals surface area contributed by atoms with E-state index in [-0.39, 0.29) is 42.1 Å². The summed E-state index contributed by atoms with van der Waals surface area (Å²) in [6, 6.07) is 3.03. The van der Waals surface area contributed by atoms with Gasteiger partial charge in [-0.05, 0) is 75.3 Å². The summed E-state index contributed by atoms with van der Waals surface area (Å²) in [5.74, 6) is -1.87. The van der Waals surface area contributed by atoms with E-state index in [0.29, 0.717) is 24.1 Å². The maximum absolute atomic E-state index is 14.3. The highest BCUT2D eigenvalue weighted by Gasteiger charge is 2.49. The predicted octanol–water partition coefficient (Wildman–Crippen LogP) is 6.98. The highest BCUT2D eigenvalue weighted by Crippen LogP contribution is 2.43. The van der Waals surface area contributed by atoms with Crippen molar-refractivity contribution in [2.45, 2.75) is 123 Å². The molecule has 5 rings (SSSR count). The van der Waals surface area contributed by atoms with E-state index in [2.05, 4.69) is 9.72 Å². The average Bonchev–Trinajstić information content (AvgIpc) is 3.52. The molecule has 258 valence electrons. The molecule has 2 bridgehead atoms. The lowest BCUT2D eigenvalue weighted by Gasteiger charge is -2.36. The Hall–Kier alpha value is -3.44. The van der Waals surface area contributed by atoms with Crippen molar-refractivity contribution in [3.05, 3.63) is 23.9 Å². The van der Waals surface area contributed by atoms with Crippen molar-refractivity contribution < 1.29 is 41.8 Å². The first-order valence-corrected chi connectivity index (χ1v) is 16.8. The number of carbonyl (C=O) groups excluding carboxylic acids is 3. The van der Waals surface area contributed by atoms with Crippen molar-refractivity contribution in [2.24, 2.45) is 23.2 Å². The van der Waals surface area contributed by atoms with Crippen LogP contribution in [-0.2, 0) is 25.5 Å². The number of hydrogen-bond acceptors (Lipinski definition) is 8. The van der Waals surface area contributed by atoms with Crippen LogP contribution >= 0.6 is 0 Å². The SMILES string of the molecule is CC[C@@H]1[C@@H]2CN(C(=O)[C@H](C(C)(C)C)CC(=O)O[C@]3(C)CCC[C@H]3CCCCCc3nc4ccc(OC(F)(F)F)cc4nc3O2)[C@@H]1C=O. The number of aldehydes is 1. The van der Waals surface area contributed by atoms with E-state index >= 15 is 0 Å². The lowest BCUT2D eigenvalue weighted by atomic mass is 9.77. The van der Waals surface area contributed by atoms with Gasteiger partial charge in [-0.15, -0.1) is 13.2 Å². The molecule has 1 amide bonds. The second-order valence-corrected chi connectivity index (χ2v) is 14.6. The molecule has 2 fully saturated rings. The lowest BCUT2D eigenvalue weighted by molar-refractivity contribution is -0.274. The van der Waals surface area contributed by atoms with Crippen LogP contribution in [0, 0.1) is 23.2 Å². The molecule has 1 aliphatic carbocycles. The third kappa shape index (κ3) is 7.83. The van der Waals surface area contributed by atoms with Crippen LogP contribution in [0.25, 0.3) is 11.0 Å². The zero-order valence-electron chi connectivity index (χ0n) is 27.9. The van der Waals surface area contributed by atoms with Crippen LogP contribution in [0.15, 0.2) is 18.2 Å². The first-order valence-electron chi connectivity index (χ1n) is 16.8. The van der Waals surface area contributed by atoms with Gasteiger partial charge in [0.15, 0.2) is 0 Å². The molecule has 2 aliphatic heterocycles. The van der Waals surface area contributed by atoms with Crippen molar-refractivity contribution in [1.82, 2.24) is 14.9 Å². The van der Waals surface area contributed by atoms with Crippen LogP contribution < -0.4 is 9.47 Å². The van der Waals surface area contributed by atoms with Crippen LogP contribution in [-0.4, -0.2) is 63.7 Å². The van der Waals surface area contributed by atoms with Gasteiger partial charge >= 0.3 is 12.3 Å². The molecule has 3 heterocycles. The molecule has 12 heteroatoms. The lowest BCUT2D eigenvalue weighted by Crippen LogP contribution is -2.47. The Balaban J connectivity index is 1.54. The molecule has 0 spiro atoms. The number of alkyl halides is 3. The number of ether oxygens (including phenoxy) is 3. The van der Waals surface area contributed by atoms with Gasteiger partial charge in [0.2, 0.25) is 11.8 Å². The molecule has 0 radical (unpaired) electrons. The standard InChI is InChI=1S/C35H46F3N3O6/c1-6-23-28(20-42)41-19-29(23)45-31-26(39-25-15-14-22(17-27(25)40-31)46-35(36,37)38)13-9-7-8-11-21-12-10-16-34(21,5)47-30(43)18-24(32(41)44)33(2,3)4/h14-15,17,20-21,23-24,28-29H,6-13,16,18-19H2,1-5H3/t21-,23+,24-,28-,29+,34-/m1/s1. The van der Waals surface area contributed by atoms with Crippen molar-refractivity contribution in [1.29, 1.82) is 0 Å². The number of aromatic nitrogens is 2. The minimum Gasteiger partial charge on any atom is -0.471 e. The molecular weight excluding hydrogens is 615 g/mol. The maximum Gasteiger partial charge on any atom is 0.573 e. The van der Waals surface area contributed by atoms with Crippen molar-refractivity contribution in [3.63, 3.8) is 0 Å². The monoisotopic (exact) mass is 661 g/mol. The third-order valence-electron chi connectivity index (χ3n) is 10.3. The first kappa shape index (κ1) is 34.9. The second kappa shape index (κ2) is 13.6. The quantitative estimate of drug-likeness (QED) is 0.256. The smallest absolute Gasteiger partial charge is 0.471 e. The van der Waals surface area contributed by atoms with Crippen LogP contribution in [0.4, 0.5) is 13.2 Å². The molecule has 3 aliphatic rings. The van der Waals surface area contributed by atoms with Crippen molar-refractivity contribution in [3.8, 4) is 11.6 Å². The molecule has 0 unspecified atom stereocenters. The Bertz CT molecular complexity index is 1480. The summed E-state index contributed by atoms with van der Waals surface area (Å²) in [6.45, 7) is 9.71. The number of esters is 1. The Morgan fingerprint density at radius 3 is 2.49 bits per heavy atom. The fourth-order valence-corrected chi connectivity index (χ4v) is 7.68. The van der Waals surface area contributed by atoms with Gasteiger partial charge in [0.25, 0.3) is 0 Å². The summed E-state index contributed by atoms with van der Waals surface area (Å²) in [6.07, 6.45) is 2.38. The molecular formula is C35H46F3N3O6. The molecule has 1 aromatic carbocycles. The highest BCUT2D eigenvalue weighted by atomic mass is 19.4. The van der Waals surface area contributed by atoms with Crippen molar-refractivity contribution in [2.75, 3.05) is 6.54 Å². The minimum atomic E-state index is -4.86. The fourth-order valence-electron chi connectivity index (χ4n) is 7.68. The van der Waals surface area contributed by atoms with Gasteiger partial charge in [0.05, 0.1) is 36.0 Å². The van der Waals surface area contributed by atoms with Gasteiger partial charge in [-0.25, -0.2) is 9.97 Å². The second-order valence-electron chi connectivity index (χ2n) is 14.6. The molecule has 47 heavy (non-hydrogen) atoms. The zero-order chi connectivity index (χ0) is 34.1. The van der Waals surface area contributed by atoms with Crippen LogP contribution in [0.5, 0.6) is 11.6 Å². The third-order valence-corrected chi connectivity index (χ3v) is 10.3. The summed E-state index contributed by atoms with van der Waals surface area (Å²) in [7, 11) is 0. The molecule has 1 aromatic heterocycles. The average molecular weight is 662 g/mol. The number of aryl methyl sites for hydroxylation is 1. The highest BCUT2D eigenvalue weighted by molar-refractivity contribution is 5.87. The topological polar surface area (TPSA) is 108 Å². The Morgan fingerprint density at radius 1 is 1.06 bits per heavy atom. The van der Waals surface area contributed by atoms with Gasteiger partial charge in [0, 0.05) is 12.0 Å². The van der Waals surface area contributed by atoms with E-state index < -0.39 is 47.2 Å². The molecule has 6 atom stereocenters. The van der Waals surface area contributed by atoms with Gasteiger partial charge in [-0.3, -0.25) is 9.59 Å². The zero-order valence-corrected chi connectivity index (χ0v) is 27.9. The molecule has 1 saturated carbocycles. The number of fused-ring (bicyclic) bond motifs is 5. The number of carbonyl (C=O) groups is 3. The first-order chi connectivity index (χ1) is 22.1. The van der Waals surface area contributed by atoms with E-state index in [4.69, 9.17) is 14.5 Å². The van der Waals surface area contributed by atoms with Gasteiger partial charge < -0.3 is 23.9 Å². The summed E-state index contributed by atoms with van der Waals surface area (Å²) >= 11 is 0. The number of rotatable bonds is 3. The summed E-state index contributed by atoms with van der Waals surface area (Å²) in [5.41, 5.74) is -0.0522. The van der Waals surface area contributed by atoms with Crippen LogP contribution in [0.2, 0.25) is 0 Å². The van der Waals surface area contributed by atoms with E-state index in [0.717, 1.165) is 51.2 Å². The maximum atomic E-state index is 14.3. The fraction of sp³-hybridized carbons (Fsp3) is 0.686. The van der Waals surface area contributed by atoms with Gasteiger partial charge in [-0.1, -0.05) is 40.5 Å². The number of amides is 1. The number of halogens is 3. The molecule has 0 N–H and O–H groups in total. The number of benzene rings is 1. The van der Waals surface area contributed by atoms with E-state index in [1.54, 1.807) is 0 Å². The summed E-state index contributed by atoms with van der Waals surface area (Å²) in [4.78, 5) is 51.2.